The van der Waals surface area contributed by atoms with Gasteiger partial charge in [-0.25, -0.2) is 14.4 Å². The second kappa shape index (κ2) is 16.4. The first-order valence-electron chi connectivity index (χ1n) is 13.9. The zero-order chi connectivity index (χ0) is 32.0. The molecule has 0 saturated heterocycles. The number of hydrogen-bond donors (Lipinski definition) is 1. The number of para-hydroxylation sites is 1. The van der Waals surface area contributed by atoms with E-state index in [1.54, 1.807) is 64.1 Å². The minimum absolute atomic E-state index is 0.0835. The number of esters is 1. The first-order valence-corrected chi connectivity index (χ1v) is 13.9. The number of ether oxygens (including phenoxy) is 7. The first kappa shape index (κ1) is 34.9. The maximum absolute atomic E-state index is 12.6. The molecular formula is C31H41NO11. The molecule has 0 amide bonds. The molecule has 1 N–H and O–H groups in total. The summed E-state index contributed by atoms with van der Waals surface area (Å²) in [5.74, 6) is -0.442. The third-order valence-corrected chi connectivity index (χ3v) is 6.40. The molecule has 0 spiro atoms. The van der Waals surface area contributed by atoms with Crippen molar-refractivity contribution >= 4 is 24.4 Å². The smallest absolute Gasteiger partial charge is 0.468 e. The molecule has 0 bridgehead atoms. The minimum atomic E-state index is -1.00. The summed E-state index contributed by atoms with van der Waals surface area (Å²) < 4.78 is 36.5. The standard InChI is InChI=1S/C31H41NO11/c1-8-30(3,4)42-28(35)40-24-16-15-21(20-25(24)41-29(36)43-31(5,6)9-2)19-23(26(33)37-7)32-17-18-38-27(34)39-22-13-11-10-12-14-22/h10-16,20,23,32H,8-9,17-19H2,1-7H3/t23-/m0/s1. The normalized spacial score (nSPS) is 12.0. The van der Waals surface area contributed by atoms with Crippen LogP contribution in [0.4, 0.5) is 14.4 Å². The Balaban J connectivity index is 2.14. The van der Waals surface area contributed by atoms with Gasteiger partial charge in [-0.15, -0.1) is 0 Å². The minimum Gasteiger partial charge on any atom is -0.468 e. The Bertz CT molecular complexity index is 1230. The Morgan fingerprint density at radius 3 is 1.91 bits per heavy atom. The van der Waals surface area contributed by atoms with Crippen LogP contribution in [0.25, 0.3) is 0 Å². The van der Waals surface area contributed by atoms with Gasteiger partial charge in [0.2, 0.25) is 0 Å². The van der Waals surface area contributed by atoms with Crippen LogP contribution in [0.3, 0.4) is 0 Å². The van der Waals surface area contributed by atoms with Gasteiger partial charge in [0.15, 0.2) is 11.5 Å². The molecule has 12 heteroatoms. The summed E-state index contributed by atoms with van der Waals surface area (Å²) in [7, 11) is 1.24. The molecule has 2 aromatic rings. The van der Waals surface area contributed by atoms with Gasteiger partial charge in [0, 0.05) is 6.54 Å². The molecule has 0 aliphatic heterocycles. The summed E-state index contributed by atoms with van der Waals surface area (Å²) in [5, 5.41) is 2.97. The Hall–Kier alpha value is -4.32. The molecule has 2 rings (SSSR count). The van der Waals surface area contributed by atoms with Crippen molar-refractivity contribution in [1.29, 1.82) is 0 Å². The SMILES string of the molecule is CCC(C)(C)OC(=O)Oc1ccc(C[C@H](NCCOC(=O)Oc2ccccc2)C(=O)OC)cc1OC(=O)OC(C)(C)CC. The first-order chi connectivity index (χ1) is 20.3. The van der Waals surface area contributed by atoms with Crippen LogP contribution in [0.2, 0.25) is 0 Å². The van der Waals surface area contributed by atoms with E-state index in [-0.39, 0.29) is 31.1 Å². The van der Waals surface area contributed by atoms with Crippen LogP contribution in [0, 0.1) is 0 Å². The van der Waals surface area contributed by atoms with Gasteiger partial charge >= 0.3 is 24.4 Å². The fraction of sp³-hybridized carbons (Fsp3) is 0.484. The zero-order valence-electron chi connectivity index (χ0n) is 25.7. The zero-order valence-corrected chi connectivity index (χ0v) is 25.7. The second-order valence-electron chi connectivity index (χ2n) is 10.7. The number of hydrogen-bond acceptors (Lipinski definition) is 12. The predicted molar refractivity (Wildman–Crippen MR) is 155 cm³/mol. The van der Waals surface area contributed by atoms with Gasteiger partial charge in [0.05, 0.1) is 7.11 Å². The number of rotatable bonds is 14. The largest absolute Gasteiger partial charge is 0.514 e. The Morgan fingerprint density at radius 1 is 0.767 bits per heavy atom. The average molecular weight is 604 g/mol. The molecule has 0 heterocycles. The quantitative estimate of drug-likeness (QED) is 0.117. The van der Waals surface area contributed by atoms with Gasteiger partial charge in [-0.05, 0) is 76.8 Å². The lowest BCUT2D eigenvalue weighted by molar-refractivity contribution is -0.143. The maximum Gasteiger partial charge on any atom is 0.514 e. The molecule has 0 saturated carbocycles. The van der Waals surface area contributed by atoms with Gasteiger partial charge in [0.1, 0.15) is 29.6 Å². The molecular weight excluding hydrogens is 562 g/mol. The number of methoxy groups -OCH3 is 1. The van der Waals surface area contributed by atoms with Crippen molar-refractivity contribution in [2.24, 2.45) is 0 Å². The maximum atomic E-state index is 12.6. The highest BCUT2D eigenvalue weighted by molar-refractivity contribution is 5.76. The monoisotopic (exact) mass is 603 g/mol. The summed E-state index contributed by atoms with van der Waals surface area (Å²) in [5.41, 5.74) is -1.04. The lowest BCUT2D eigenvalue weighted by atomic mass is 10.1. The number of carbonyl (C=O) groups is 4. The van der Waals surface area contributed by atoms with Crippen LogP contribution >= 0.6 is 0 Å². The van der Waals surface area contributed by atoms with Gasteiger partial charge < -0.3 is 38.5 Å². The summed E-state index contributed by atoms with van der Waals surface area (Å²) >= 11 is 0. The van der Waals surface area contributed by atoms with E-state index in [9.17, 15) is 19.2 Å². The highest BCUT2D eigenvalue weighted by atomic mass is 16.8. The Kier molecular flexibility index (Phi) is 13.3. The van der Waals surface area contributed by atoms with Crippen molar-refractivity contribution in [2.75, 3.05) is 20.3 Å². The molecule has 12 nitrogen and oxygen atoms in total. The summed E-state index contributed by atoms with van der Waals surface area (Å²) in [6, 6.07) is 12.0. The number of nitrogens with one attached hydrogen (secondary N) is 1. The van der Waals surface area contributed by atoms with Crippen LogP contribution in [-0.2, 0) is 30.2 Å². The molecule has 43 heavy (non-hydrogen) atoms. The average Bonchev–Trinajstić information content (AvgIpc) is 2.95. The third kappa shape index (κ3) is 12.6. The van der Waals surface area contributed by atoms with E-state index in [0.717, 1.165) is 0 Å². The molecule has 236 valence electrons. The Morgan fingerprint density at radius 2 is 1.35 bits per heavy atom. The Labute approximate surface area is 251 Å². The molecule has 0 aliphatic rings. The lowest BCUT2D eigenvalue weighted by Gasteiger charge is -2.24. The lowest BCUT2D eigenvalue weighted by Crippen LogP contribution is -2.41. The van der Waals surface area contributed by atoms with Gasteiger partial charge in [-0.3, -0.25) is 4.79 Å². The van der Waals surface area contributed by atoms with Gasteiger partial charge in [-0.1, -0.05) is 38.1 Å². The summed E-state index contributed by atoms with van der Waals surface area (Å²) in [6.07, 6.45) is -1.71. The van der Waals surface area contributed by atoms with Crippen molar-refractivity contribution in [1.82, 2.24) is 5.32 Å². The second-order valence-corrected chi connectivity index (χ2v) is 10.7. The van der Waals surface area contributed by atoms with Crippen LogP contribution < -0.4 is 19.5 Å². The van der Waals surface area contributed by atoms with E-state index < -0.39 is 41.7 Å². The highest BCUT2D eigenvalue weighted by Crippen LogP contribution is 2.31. The van der Waals surface area contributed by atoms with Crippen LogP contribution in [0.15, 0.2) is 48.5 Å². The van der Waals surface area contributed by atoms with Crippen molar-refractivity contribution in [3.63, 3.8) is 0 Å². The topological polar surface area (TPSA) is 145 Å². The fourth-order valence-electron chi connectivity index (χ4n) is 3.26. The van der Waals surface area contributed by atoms with Crippen molar-refractivity contribution in [3.8, 4) is 17.2 Å². The van der Waals surface area contributed by atoms with Crippen molar-refractivity contribution in [3.05, 3.63) is 54.1 Å². The third-order valence-electron chi connectivity index (χ3n) is 6.40. The van der Waals surface area contributed by atoms with Crippen LogP contribution in [-0.4, -0.2) is 61.9 Å². The molecule has 0 aromatic heterocycles. The van der Waals surface area contributed by atoms with Crippen LogP contribution in [0.5, 0.6) is 17.2 Å². The summed E-state index contributed by atoms with van der Waals surface area (Å²) in [4.78, 5) is 49.4. The van der Waals surface area contributed by atoms with Crippen LogP contribution in [0.1, 0.15) is 59.9 Å². The molecule has 0 fully saturated rings. The van der Waals surface area contributed by atoms with E-state index in [1.165, 1.54) is 19.2 Å². The van der Waals surface area contributed by atoms with Gasteiger partial charge in [-0.2, -0.15) is 0 Å². The van der Waals surface area contributed by atoms with E-state index in [4.69, 9.17) is 33.2 Å². The van der Waals surface area contributed by atoms with Gasteiger partial charge in [0.25, 0.3) is 0 Å². The van der Waals surface area contributed by atoms with E-state index in [0.29, 0.717) is 24.2 Å². The number of carbonyl (C=O) groups excluding carboxylic acids is 4. The molecule has 0 aliphatic carbocycles. The molecule has 2 aromatic carbocycles. The number of benzene rings is 2. The molecule has 0 radical (unpaired) electrons. The van der Waals surface area contributed by atoms with Crippen molar-refractivity contribution in [2.45, 2.75) is 78.0 Å². The van der Waals surface area contributed by atoms with E-state index in [1.807, 2.05) is 13.8 Å². The molecule has 0 unspecified atom stereocenters. The van der Waals surface area contributed by atoms with E-state index in [2.05, 4.69) is 5.32 Å². The molecule has 1 atom stereocenters. The summed E-state index contributed by atoms with van der Waals surface area (Å²) in [6.45, 7) is 10.6. The van der Waals surface area contributed by atoms with E-state index >= 15 is 0 Å². The van der Waals surface area contributed by atoms with Crippen molar-refractivity contribution < 1.29 is 52.3 Å². The fourth-order valence-corrected chi connectivity index (χ4v) is 3.26. The predicted octanol–water partition coefficient (Wildman–Crippen LogP) is 5.98. The highest BCUT2D eigenvalue weighted by Gasteiger charge is 2.27.